The number of rotatable bonds is 7. The van der Waals surface area contributed by atoms with Gasteiger partial charge in [0.2, 0.25) is 0 Å². The molecule has 2 aromatic carbocycles. The van der Waals surface area contributed by atoms with E-state index in [4.69, 9.17) is 37.4 Å². The molecule has 0 unspecified atom stereocenters. The first-order chi connectivity index (χ1) is 14.3. The van der Waals surface area contributed by atoms with E-state index in [1.807, 2.05) is 0 Å². The molecule has 0 saturated heterocycles. The molecule has 3 rings (SSSR count). The van der Waals surface area contributed by atoms with Crippen LogP contribution in [0.5, 0.6) is 11.5 Å². The summed E-state index contributed by atoms with van der Waals surface area (Å²) in [6.45, 7) is -1.23. The van der Waals surface area contributed by atoms with E-state index in [1.165, 1.54) is 38.5 Å². The van der Waals surface area contributed by atoms with Gasteiger partial charge in [0.25, 0.3) is 11.8 Å². The summed E-state index contributed by atoms with van der Waals surface area (Å²) < 4.78 is 15.2. The van der Waals surface area contributed by atoms with Crippen LogP contribution < -0.4 is 9.47 Å². The first-order valence-corrected chi connectivity index (χ1v) is 9.28. The number of ketones is 1. The van der Waals surface area contributed by atoms with Gasteiger partial charge in [-0.3, -0.25) is 24.1 Å². The summed E-state index contributed by atoms with van der Waals surface area (Å²) in [7, 11) is 2.89. The zero-order chi connectivity index (χ0) is 22.0. The lowest BCUT2D eigenvalue weighted by molar-refractivity contribution is -0.142. The van der Waals surface area contributed by atoms with E-state index in [2.05, 4.69) is 0 Å². The average molecular weight is 452 g/mol. The lowest BCUT2D eigenvalue weighted by Gasteiger charge is -2.13. The monoisotopic (exact) mass is 451 g/mol. The van der Waals surface area contributed by atoms with Crippen molar-refractivity contribution in [1.29, 1.82) is 0 Å². The van der Waals surface area contributed by atoms with Gasteiger partial charge in [0, 0.05) is 5.56 Å². The van der Waals surface area contributed by atoms with E-state index >= 15 is 0 Å². The van der Waals surface area contributed by atoms with Crippen molar-refractivity contribution in [2.24, 2.45) is 0 Å². The number of amides is 2. The van der Waals surface area contributed by atoms with Crippen molar-refractivity contribution in [2.75, 3.05) is 27.4 Å². The summed E-state index contributed by atoms with van der Waals surface area (Å²) in [6.07, 6.45) is 0. The van der Waals surface area contributed by atoms with Crippen LogP contribution in [0, 0.1) is 0 Å². The highest BCUT2D eigenvalue weighted by Crippen LogP contribution is 2.31. The van der Waals surface area contributed by atoms with E-state index < -0.39 is 36.7 Å². The predicted octanol–water partition coefficient (Wildman–Crippen LogP) is 3.03. The van der Waals surface area contributed by atoms with E-state index in [-0.39, 0.29) is 26.7 Å². The van der Waals surface area contributed by atoms with Gasteiger partial charge in [0.15, 0.2) is 23.9 Å². The minimum Gasteiger partial charge on any atom is -0.493 e. The van der Waals surface area contributed by atoms with Crippen LogP contribution >= 0.6 is 23.2 Å². The van der Waals surface area contributed by atoms with Gasteiger partial charge in [-0.15, -0.1) is 0 Å². The molecule has 0 aliphatic carbocycles. The maximum Gasteiger partial charge on any atom is 0.326 e. The van der Waals surface area contributed by atoms with Crippen molar-refractivity contribution in [3.05, 3.63) is 57.1 Å². The number of hydrogen-bond acceptors (Lipinski definition) is 7. The Labute approximate surface area is 181 Å². The second kappa shape index (κ2) is 8.73. The predicted molar refractivity (Wildman–Crippen MR) is 107 cm³/mol. The molecule has 8 nitrogen and oxygen atoms in total. The number of carbonyl (C=O) groups is 4. The van der Waals surface area contributed by atoms with Crippen molar-refractivity contribution < 1.29 is 33.4 Å². The number of imide groups is 1. The van der Waals surface area contributed by atoms with Gasteiger partial charge in [-0.1, -0.05) is 23.2 Å². The molecule has 30 heavy (non-hydrogen) atoms. The number of carbonyl (C=O) groups excluding carboxylic acids is 4. The summed E-state index contributed by atoms with van der Waals surface area (Å²) in [5, 5.41) is 0.225. The molecule has 156 valence electrons. The zero-order valence-corrected chi connectivity index (χ0v) is 17.4. The number of nitrogens with zero attached hydrogens (tertiary/aromatic N) is 1. The summed E-state index contributed by atoms with van der Waals surface area (Å²) in [5.74, 6) is -2.02. The van der Waals surface area contributed by atoms with Gasteiger partial charge in [-0.2, -0.15) is 0 Å². The molecule has 1 aliphatic rings. The maximum atomic E-state index is 12.4. The van der Waals surface area contributed by atoms with Crippen molar-refractivity contribution in [2.45, 2.75) is 0 Å². The van der Waals surface area contributed by atoms with Crippen LogP contribution in [-0.4, -0.2) is 55.8 Å². The van der Waals surface area contributed by atoms with Crippen LogP contribution in [0.15, 0.2) is 30.3 Å². The Hall–Kier alpha value is -3.10. The Morgan fingerprint density at radius 2 is 1.47 bits per heavy atom. The number of ether oxygens (including phenoxy) is 3. The largest absolute Gasteiger partial charge is 0.493 e. The van der Waals surface area contributed by atoms with E-state index in [0.717, 1.165) is 0 Å². The van der Waals surface area contributed by atoms with Gasteiger partial charge in [0.05, 0.1) is 35.4 Å². The molecule has 0 atom stereocenters. The standard InChI is InChI=1S/C20H15Cl2NO7/c1-28-16-4-3-10(5-17(16)29-2)15(24)9-30-18(25)8-23-19(26)11-6-13(21)14(22)7-12(11)20(23)27/h3-7H,8-9H2,1-2H3. The lowest BCUT2D eigenvalue weighted by Crippen LogP contribution is -2.36. The number of fused-ring (bicyclic) bond motifs is 1. The SMILES string of the molecule is COc1ccc(C(=O)COC(=O)CN2C(=O)c3cc(Cl)c(Cl)cc3C2=O)cc1OC. The summed E-state index contributed by atoms with van der Waals surface area (Å²) in [6, 6.07) is 7.03. The molecule has 0 bridgehead atoms. The van der Waals surface area contributed by atoms with Crippen LogP contribution in [0.1, 0.15) is 31.1 Å². The quantitative estimate of drug-likeness (QED) is 0.362. The second-order valence-corrected chi connectivity index (χ2v) is 6.98. The van der Waals surface area contributed by atoms with E-state index in [1.54, 1.807) is 6.07 Å². The van der Waals surface area contributed by atoms with Crippen molar-refractivity contribution in [3.63, 3.8) is 0 Å². The number of hydrogen-bond donors (Lipinski definition) is 0. The Kier molecular flexibility index (Phi) is 6.28. The molecule has 2 amide bonds. The molecular formula is C20H15Cl2NO7. The highest BCUT2D eigenvalue weighted by Gasteiger charge is 2.37. The molecular weight excluding hydrogens is 437 g/mol. The Bertz CT molecular complexity index is 1030. The summed E-state index contributed by atoms with van der Waals surface area (Å²) in [4.78, 5) is 49.9. The topological polar surface area (TPSA) is 99.2 Å². The Morgan fingerprint density at radius 3 is 2.00 bits per heavy atom. The van der Waals surface area contributed by atoms with Crippen LogP contribution in [0.4, 0.5) is 0 Å². The molecule has 0 fully saturated rings. The molecule has 1 heterocycles. The molecule has 0 radical (unpaired) electrons. The fourth-order valence-electron chi connectivity index (χ4n) is 2.84. The minimum absolute atomic E-state index is 0.0450. The van der Waals surface area contributed by atoms with Gasteiger partial charge < -0.3 is 14.2 Å². The van der Waals surface area contributed by atoms with Gasteiger partial charge in [0.1, 0.15) is 6.54 Å². The fourth-order valence-corrected chi connectivity index (χ4v) is 3.17. The highest BCUT2D eigenvalue weighted by atomic mass is 35.5. The number of benzene rings is 2. The fraction of sp³-hybridized carbons (Fsp3) is 0.200. The Morgan fingerprint density at radius 1 is 0.900 bits per heavy atom. The molecule has 0 spiro atoms. The van der Waals surface area contributed by atoms with E-state index in [9.17, 15) is 19.2 Å². The second-order valence-electron chi connectivity index (χ2n) is 6.16. The molecule has 0 saturated carbocycles. The van der Waals surface area contributed by atoms with Crippen LogP contribution in [0.25, 0.3) is 0 Å². The third kappa shape index (κ3) is 4.10. The summed E-state index contributed by atoms with van der Waals surface area (Å²) in [5.41, 5.74) is 0.331. The van der Waals surface area contributed by atoms with Gasteiger partial charge in [-0.05, 0) is 30.3 Å². The van der Waals surface area contributed by atoms with Crippen molar-refractivity contribution in [3.8, 4) is 11.5 Å². The van der Waals surface area contributed by atoms with Gasteiger partial charge >= 0.3 is 5.97 Å². The maximum absolute atomic E-state index is 12.4. The highest BCUT2D eigenvalue weighted by molar-refractivity contribution is 6.43. The van der Waals surface area contributed by atoms with Gasteiger partial charge in [-0.25, -0.2) is 0 Å². The normalized spacial score (nSPS) is 12.6. The molecule has 0 aromatic heterocycles. The first-order valence-electron chi connectivity index (χ1n) is 8.53. The zero-order valence-electron chi connectivity index (χ0n) is 15.9. The van der Waals surface area contributed by atoms with Crippen molar-refractivity contribution >= 4 is 46.8 Å². The van der Waals surface area contributed by atoms with Crippen LogP contribution in [-0.2, 0) is 9.53 Å². The lowest BCUT2D eigenvalue weighted by atomic mass is 10.1. The first kappa shape index (κ1) is 21.6. The molecule has 1 aliphatic heterocycles. The molecule has 10 heteroatoms. The number of halogens is 2. The number of esters is 1. The van der Waals surface area contributed by atoms with Crippen LogP contribution in [0.2, 0.25) is 10.0 Å². The third-order valence-electron chi connectivity index (χ3n) is 4.37. The smallest absolute Gasteiger partial charge is 0.326 e. The average Bonchev–Trinajstić information content (AvgIpc) is 2.96. The number of methoxy groups -OCH3 is 2. The minimum atomic E-state index is -0.921. The Balaban J connectivity index is 1.63. The summed E-state index contributed by atoms with van der Waals surface area (Å²) >= 11 is 11.8. The third-order valence-corrected chi connectivity index (χ3v) is 5.09. The molecule has 2 aromatic rings. The number of Topliss-reactive ketones (excluding diaryl/α,β-unsaturated/α-hetero) is 1. The van der Waals surface area contributed by atoms with E-state index in [0.29, 0.717) is 16.4 Å². The molecule has 0 N–H and O–H groups in total. The van der Waals surface area contributed by atoms with Crippen molar-refractivity contribution in [1.82, 2.24) is 4.90 Å². The van der Waals surface area contributed by atoms with Crippen LogP contribution in [0.3, 0.4) is 0 Å².